The highest BCUT2D eigenvalue weighted by Gasteiger charge is 2.16. The van der Waals surface area contributed by atoms with Crippen molar-refractivity contribution in [1.82, 2.24) is 30.3 Å². The van der Waals surface area contributed by atoms with E-state index in [9.17, 15) is 4.79 Å². The molecule has 2 heterocycles. The second kappa shape index (κ2) is 6.31. The summed E-state index contributed by atoms with van der Waals surface area (Å²) in [6.07, 6.45) is 7.30. The summed E-state index contributed by atoms with van der Waals surface area (Å²) in [6, 6.07) is 7.70. The van der Waals surface area contributed by atoms with Gasteiger partial charge in [-0.05, 0) is 25.0 Å². The predicted molar refractivity (Wildman–Crippen MR) is 90.5 cm³/mol. The molecular weight excluding hydrogens is 306 g/mol. The minimum Gasteiger partial charge on any atom is -0.334 e. The topological polar surface area (TPSA) is 96.2 Å². The highest BCUT2D eigenvalue weighted by Crippen LogP contribution is 2.19. The number of para-hydroxylation sites is 2. The Labute approximate surface area is 138 Å². The fourth-order valence-electron chi connectivity index (χ4n) is 3.17. The summed E-state index contributed by atoms with van der Waals surface area (Å²) in [7, 11) is 0. The second-order valence-corrected chi connectivity index (χ2v) is 6.03. The van der Waals surface area contributed by atoms with Gasteiger partial charge in [0, 0.05) is 6.04 Å². The summed E-state index contributed by atoms with van der Waals surface area (Å²) in [5, 5.41) is 11.0. The Morgan fingerprint density at radius 1 is 1.17 bits per heavy atom. The fraction of sp³-hybridized carbons (Fsp3) is 0.375. The third kappa shape index (κ3) is 2.82. The van der Waals surface area contributed by atoms with Gasteiger partial charge in [-0.15, -0.1) is 10.2 Å². The lowest BCUT2D eigenvalue weighted by molar-refractivity contribution is 0.234. The van der Waals surface area contributed by atoms with Crippen molar-refractivity contribution in [3.8, 4) is 0 Å². The van der Waals surface area contributed by atoms with Crippen LogP contribution in [0.3, 0.4) is 0 Å². The van der Waals surface area contributed by atoms with Gasteiger partial charge in [-0.3, -0.25) is 15.3 Å². The van der Waals surface area contributed by atoms with Crippen molar-refractivity contribution in [1.29, 1.82) is 0 Å². The van der Waals surface area contributed by atoms with Gasteiger partial charge in [-0.25, -0.2) is 9.78 Å². The van der Waals surface area contributed by atoms with Gasteiger partial charge in [-0.2, -0.15) is 0 Å². The molecule has 2 amide bonds. The van der Waals surface area contributed by atoms with E-state index in [2.05, 4.69) is 31.3 Å². The van der Waals surface area contributed by atoms with Gasteiger partial charge in [-0.1, -0.05) is 31.4 Å². The fourth-order valence-corrected chi connectivity index (χ4v) is 3.17. The van der Waals surface area contributed by atoms with E-state index >= 15 is 0 Å². The molecule has 8 nitrogen and oxygen atoms in total. The molecule has 2 aromatic heterocycles. The van der Waals surface area contributed by atoms with Gasteiger partial charge in [0.1, 0.15) is 6.33 Å². The number of amides is 2. The van der Waals surface area contributed by atoms with Crippen LogP contribution in [0.25, 0.3) is 16.7 Å². The number of nitrogens with zero attached hydrogens (tertiary/aromatic N) is 4. The number of fused-ring (bicyclic) bond motifs is 3. The SMILES string of the molecule is O=C(NNc1nc2ccccc2n2cnnc12)NC1CCCCC1. The van der Waals surface area contributed by atoms with Crippen LogP contribution in [0.15, 0.2) is 30.6 Å². The van der Waals surface area contributed by atoms with E-state index in [0.29, 0.717) is 11.5 Å². The van der Waals surface area contributed by atoms with E-state index in [0.717, 1.165) is 23.9 Å². The third-order valence-electron chi connectivity index (χ3n) is 4.37. The third-order valence-corrected chi connectivity index (χ3v) is 4.37. The number of urea groups is 1. The van der Waals surface area contributed by atoms with Crippen molar-refractivity contribution < 1.29 is 4.79 Å². The quantitative estimate of drug-likeness (QED) is 0.642. The van der Waals surface area contributed by atoms with Crippen LogP contribution >= 0.6 is 0 Å². The van der Waals surface area contributed by atoms with Crippen molar-refractivity contribution >= 4 is 28.5 Å². The number of carbonyl (C=O) groups is 1. The zero-order chi connectivity index (χ0) is 16.4. The monoisotopic (exact) mass is 325 g/mol. The van der Waals surface area contributed by atoms with Gasteiger partial charge >= 0.3 is 6.03 Å². The van der Waals surface area contributed by atoms with Crippen LogP contribution in [-0.4, -0.2) is 31.7 Å². The molecule has 1 fully saturated rings. The summed E-state index contributed by atoms with van der Waals surface area (Å²) in [5.41, 5.74) is 7.77. The highest BCUT2D eigenvalue weighted by molar-refractivity contribution is 5.83. The zero-order valence-electron chi connectivity index (χ0n) is 13.2. The highest BCUT2D eigenvalue weighted by atomic mass is 16.2. The molecule has 4 rings (SSSR count). The number of hydrazine groups is 1. The van der Waals surface area contributed by atoms with Gasteiger partial charge < -0.3 is 5.32 Å². The van der Waals surface area contributed by atoms with Crippen molar-refractivity contribution in [2.24, 2.45) is 0 Å². The Balaban J connectivity index is 1.51. The van der Waals surface area contributed by atoms with E-state index in [1.165, 1.54) is 19.3 Å². The zero-order valence-corrected chi connectivity index (χ0v) is 13.2. The molecule has 3 aromatic rings. The van der Waals surface area contributed by atoms with E-state index in [1.807, 2.05) is 28.7 Å². The first-order valence-corrected chi connectivity index (χ1v) is 8.22. The maximum absolute atomic E-state index is 12.1. The molecule has 1 saturated carbocycles. The Hall–Kier alpha value is -2.90. The van der Waals surface area contributed by atoms with Gasteiger partial charge in [0.05, 0.1) is 11.0 Å². The second-order valence-electron chi connectivity index (χ2n) is 6.03. The lowest BCUT2D eigenvalue weighted by atomic mass is 9.96. The van der Waals surface area contributed by atoms with Crippen molar-refractivity contribution in [3.63, 3.8) is 0 Å². The van der Waals surface area contributed by atoms with E-state index in [-0.39, 0.29) is 12.1 Å². The normalized spacial score (nSPS) is 15.5. The average molecular weight is 325 g/mol. The van der Waals surface area contributed by atoms with Crippen LogP contribution in [0.5, 0.6) is 0 Å². The summed E-state index contributed by atoms with van der Waals surface area (Å²) in [6.45, 7) is 0. The minimum atomic E-state index is -0.255. The molecule has 0 atom stereocenters. The number of carbonyl (C=O) groups excluding carboxylic acids is 1. The Bertz CT molecular complexity index is 869. The molecule has 3 N–H and O–H groups in total. The number of nitrogens with one attached hydrogen (secondary N) is 3. The van der Waals surface area contributed by atoms with E-state index < -0.39 is 0 Å². The Kier molecular flexibility index (Phi) is 3.86. The molecule has 124 valence electrons. The smallest absolute Gasteiger partial charge is 0.333 e. The molecule has 0 saturated heterocycles. The molecule has 24 heavy (non-hydrogen) atoms. The van der Waals surface area contributed by atoms with E-state index in [1.54, 1.807) is 6.33 Å². The molecule has 0 aliphatic heterocycles. The standard InChI is InChI=1S/C16H19N7O/c24-16(18-11-6-2-1-3-7-11)22-20-14-15-21-17-10-23(15)13-9-5-4-8-12(13)19-14/h4-5,8-11H,1-3,6-7H2,(H,19,20)(H2,18,22,24). The van der Waals surface area contributed by atoms with Gasteiger partial charge in [0.25, 0.3) is 0 Å². The van der Waals surface area contributed by atoms with Crippen molar-refractivity contribution in [3.05, 3.63) is 30.6 Å². The van der Waals surface area contributed by atoms with Crippen molar-refractivity contribution in [2.75, 3.05) is 5.43 Å². The van der Waals surface area contributed by atoms with Gasteiger partial charge in [0.2, 0.25) is 5.65 Å². The van der Waals surface area contributed by atoms with Crippen LogP contribution in [0.2, 0.25) is 0 Å². The molecule has 8 heteroatoms. The summed E-state index contributed by atoms with van der Waals surface area (Å²) in [5.74, 6) is 0.463. The molecule has 1 aliphatic rings. The number of hydrogen-bond donors (Lipinski definition) is 3. The lowest BCUT2D eigenvalue weighted by Crippen LogP contribution is -2.45. The predicted octanol–water partition coefficient (Wildman–Crippen LogP) is 2.24. The van der Waals surface area contributed by atoms with Crippen LogP contribution in [-0.2, 0) is 0 Å². The first-order chi connectivity index (χ1) is 11.8. The number of anilines is 1. The average Bonchev–Trinajstić information content (AvgIpc) is 3.11. The molecule has 1 aliphatic carbocycles. The number of hydrogen-bond acceptors (Lipinski definition) is 5. The molecule has 0 unspecified atom stereocenters. The van der Waals surface area contributed by atoms with Crippen LogP contribution < -0.4 is 16.2 Å². The Morgan fingerprint density at radius 2 is 2.00 bits per heavy atom. The maximum Gasteiger partial charge on any atom is 0.333 e. The summed E-state index contributed by atoms with van der Waals surface area (Å²) >= 11 is 0. The van der Waals surface area contributed by atoms with Crippen LogP contribution in [0.4, 0.5) is 10.6 Å². The van der Waals surface area contributed by atoms with Crippen LogP contribution in [0, 0.1) is 0 Å². The molecule has 0 radical (unpaired) electrons. The molecule has 0 bridgehead atoms. The molecule has 1 aromatic carbocycles. The summed E-state index contributed by atoms with van der Waals surface area (Å²) < 4.78 is 1.84. The molecule has 0 spiro atoms. The van der Waals surface area contributed by atoms with Crippen molar-refractivity contribution in [2.45, 2.75) is 38.1 Å². The Morgan fingerprint density at radius 3 is 2.88 bits per heavy atom. The molecular formula is C16H19N7O. The lowest BCUT2D eigenvalue weighted by Gasteiger charge is -2.23. The first-order valence-electron chi connectivity index (χ1n) is 8.22. The summed E-state index contributed by atoms with van der Waals surface area (Å²) in [4.78, 5) is 16.6. The van der Waals surface area contributed by atoms with E-state index in [4.69, 9.17) is 0 Å². The maximum atomic E-state index is 12.1. The number of rotatable bonds is 3. The van der Waals surface area contributed by atoms with Crippen LogP contribution in [0.1, 0.15) is 32.1 Å². The van der Waals surface area contributed by atoms with Gasteiger partial charge in [0.15, 0.2) is 5.82 Å². The number of benzene rings is 1. The minimum absolute atomic E-state index is 0.248. The largest absolute Gasteiger partial charge is 0.334 e. The number of aromatic nitrogens is 4. The first kappa shape index (κ1) is 14.7.